The molecule has 0 spiro atoms. The molecule has 0 aliphatic carbocycles. The van der Waals surface area contributed by atoms with Crippen molar-refractivity contribution in [1.82, 2.24) is 0 Å². The number of anilines is 1. The van der Waals surface area contributed by atoms with Crippen LogP contribution in [0.1, 0.15) is 11.1 Å². The summed E-state index contributed by atoms with van der Waals surface area (Å²) < 4.78 is 5.30. The summed E-state index contributed by atoms with van der Waals surface area (Å²) in [6.07, 6.45) is -0.461. The lowest BCUT2D eigenvalue weighted by atomic mass is 10.2. The number of aryl methyl sites for hydroxylation is 1. The first-order chi connectivity index (χ1) is 10.2. The first-order valence-corrected chi connectivity index (χ1v) is 6.86. The van der Waals surface area contributed by atoms with Crippen LogP contribution in [0.5, 0.6) is 0 Å². The molecule has 0 aliphatic heterocycles. The van der Waals surface area contributed by atoms with Crippen LogP contribution in [-0.4, -0.2) is 24.4 Å². The molecule has 1 amide bonds. The number of carbonyl (C=O) groups is 1. The summed E-state index contributed by atoms with van der Waals surface area (Å²) in [5.41, 5.74) is 2.76. The number of nitrogens with zero attached hydrogens (tertiary/aromatic N) is 1. The first kappa shape index (κ1) is 15.1. The minimum absolute atomic E-state index is 0.117. The average molecular weight is 285 g/mol. The zero-order valence-corrected chi connectivity index (χ0v) is 12.0. The lowest BCUT2D eigenvalue weighted by Crippen LogP contribution is -2.34. The number of benzene rings is 2. The maximum atomic E-state index is 12.2. The summed E-state index contributed by atoms with van der Waals surface area (Å²) >= 11 is 0. The highest BCUT2D eigenvalue weighted by Gasteiger charge is 2.16. The van der Waals surface area contributed by atoms with E-state index in [1.807, 2.05) is 61.5 Å². The Kier molecular flexibility index (Phi) is 5.35. The molecule has 0 aromatic heterocycles. The molecule has 0 radical (unpaired) electrons. The van der Waals surface area contributed by atoms with Gasteiger partial charge in [0.15, 0.2) is 0 Å². The molecular formula is C17H19NO3. The van der Waals surface area contributed by atoms with Gasteiger partial charge in [-0.05, 0) is 24.6 Å². The van der Waals surface area contributed by atoms with Crippen LogP contribution in [0.25, 0.3) is 0 Å². The number of amides is 1. The van der Waals surface area contributed by atoms with Crippen molar-refractivity contribution in [3.63, 3.8) is 0 Å². The van der Waals surface area contributed by atoms with E-state index in [0.29, 0.717) is 5.69 Å². The van der Waals surface area contributed by atoms with Crippen molar-refractivity contribution in [3.8, 4) is 0 Å². The molecule has 0 fully saturated rings. The predicted octanol–water partition coefficient (Wildman–Crippen LogP) is 3.13. The van der Waals surface area contributed by atoms with Gasteiger partial charge in [0.25, 0.3) is 0 Å². The molecule has 4 nitrogen and oxygen atoms in total. The molecule has 0 heterocycles. The van der Waals surface area contributed by atoms with E-state index in [0.717, 1.165) is 11.1 Å². The van der Waals surface area contributed by atoms with Crippen molar-refractivity contribution < 1.29 is 14.6 Å². The quantitative estimate of drug-likeness (QED) is 0.918. The molecule has 0 saturated heterocycles. The summed E-state index contributed by atoms with van der Waals surface area (Å²) in [5.74, 6) is 0. The summed E-state index contributed by atoms with van der Waals surface area (Å²) in [5, 5.41) is 9.14. The van der Waals surface area contributed by atoms with Crippen LogP contribution >= 0.6 is 0 Å². The zero-order chi connectivity index (χ0) is 15.1. The van der Waals surface area contributed by atoms with Crippen molar-refractivity contribution in [1.29, 1.82) is 0 Å². The third-order valence-corrected chi connectivity index (χ3v) is 3.09. The normalized spacial score (nSPS) is 10.2. The van der Waals surface area contributed by atoms with Gasteiger partial charge in [0.2, 0.25) is 0 Å². The Balaban J connectivity index is 2.03. The lowest BCUT2D eigenvalue weighted by Gasteiger charge is -2.21. The Morgan fingerprint density at radius 1 is 1.10 bits per heavy atom. The Morgan fingerprint density at radius 3 is 2.38 bits per heavy atom. The van der Waals surface area contributed by atoms with Crippen LogP contribution < -0.4 is 4.90 Å². The number of aliphatic hydroxyl groups is 1. The van der Waals surface area contributed by atoms with Gasteiger partial charge in [-0.3, -0.25) is 4.90 Å². The lowest BCUT2D eigenvalue weighted by molar-refractivity contribution is 0.145. The molecule has 2 rings (SSSR count). The molecule has 0 unspecified atom stereocenters. The fourth-order valence-corrected chi connectivity index (χ4v) is 1.95. The van der Waals surface area contributed by atoms with Gasteiger partial charge in [0.05, 0.1) is 13.2 Å². The number of ether oxygens (including phenoxy) is 1. The van der Waals surface area contributed by atoms with E-state index >= 15 is 0 Å². The Labute approximate surface area is 124 Å². The fraction of sp³-hybridized carbons (Fsp3) is 0.235. The van der Waals surface area contributed by atoms with Crippen molar-refractivity contribution in [3.05, 3.63) is 65.7 Å². The van der Waals surface area contributed by atoms with Crippen molar-refractivity contribution in [2.24, 2.45) is 0 Å². The highest BCUT2D eigenvalue weighted by molar-refractivity contribution is 5.87. The topological polar surface area (TPSA) is 49.8 Å². The average Bonchev–Trinajstić information content (AvgIpc) is 2.52. The summed E-state index contributed by atoms with van der Waals surface area (Å²) in [7, 11) is 0. The molecule has 2 aromatic rings. The molecule has 0 atom stereocenters. The van der Waals surface area contributed by atoms with E-state index in [9.17, 15) is 4.79 Å². The van der Waals surface area contributed by atoms with Crippen molar-refractivity contribution in [2.45, 2.75) is 13.5 Å². The number of hydrogen-bond acceptors (Lipinski definition) is 3. The predicted molar refractivity (Wildman–Crippen MR) is 82.2 cm³/mol. The van der Waals surface area contributed by atoms with E-state index in [1.165, 1.54) is 4.90 Å². The fourth-order valence-electron chi connectivity index (χ4n) is 1.95. The van der Waals surface area contributed by atoms with Crippen molar-refractivity contribution >= 4 is 11.8 Å². The molecular weight excluding hydrogens is 266 g/mol. The molecule has 0 aliphatic rings. The molecule has 21 heavy (non-hydrogen) atoms. The summed E-state index contributed by atoms with van der Waals surface area (Å²) in [4.78, 5) is 13.6. The largest absolute Gasteiger partial charge is 0.444 e. The van der Waals surface area contributed by atoms with Gasteiger partial charge < -0.3 is 9.84 Å². The molecule has 0 saturated carbocycles. The van der Waals surface area contributed by atoms with Crippen LogP contribution in [0.3, 0.4) is 0 Å². The summed E-state index contributed by atoms with van der Waals surface area (Å²) in [6.45, 7) is 2.28. The first-order valence-electron chi connectivity index (χ1n) is 6.86. The highest BCUT2D eigenvalue weighted by atomic mass is 16.6. The second-order valence-electron chi connectivity index (χ2n) is 4.75. The van der Waals surface area contributed by atoms with Crippen LogP contribution in [-0.2, 0) is 11.3 Å². The number of rotatable bonds is 5. The SMILES string of the molecule is Cc1ccc(N(CCO)C(=O)OCc2ccccc2)cc1. The number of aliphatic hydroxyl groups excluding tert-OH is 1. The second kappa shape index (κ2) is 7.45. The molecule has 2 aromatic carbocycles. The van der Waals surface area contributed by atoms with Gasteiger partial charge in [-0.15, -0.1) is 0 Å². The van der Waals surface area contributed by atoms with Gasteiger partial charge in [-0.2, -0.15) is 0 Å². The molecule has 110 valence electrons. The Bertz CT molecular complexity index is 566. The zero-order valence-electron chi connectivity index (χ0n) is 12.0. The Morgan fingerprint density at radius 2 is 1.76 bits per heavy atom. The number of hydrogen-bond donors (Lipinski definition) is 1. The minimum Gasteiger partial charge on any atom is -0.444 e. The van der Waals surface area contributed by atoms with E-state index in [-0.39, 0.29) is 19.8 Å². The smallest absolute Gasteiger partial charge is 0.414 e. The van der Waals surface area contributed by atoms with E-state index in [4.69, 9.17) is 9.84 Å². The summed E-state index contributed by atoms with van der Waals surface area (Å²) in [6, 6.07) is 17.0. The van der Waals surface area contributed by atoms with Crippen LogP contribution in [0.4, 0.5) is 10.5 Å². The maximum absolute atomic E-state index is 12.2. The van der Waals surface area contributed by atoms with E-state index < -0.39 is 6.09 Å². The van der Waals surface area contributed by atoms with Gasteiger partial charge in [-0.1, -0.05) is 48.0 Å². The van der Waals surface area contributed by atoms with E-state index in [1.54, 1.807) is 0 Å². The standard InChI is InChI=1S/C17H19NO3/c1-14-7-9-16(10-8-14)18(11-12-19)17(20)21-13-15-5-3-2-4-6-15/h2-10,19H,11-13H2,1H3. The monoisotopic (exact) mass is 285 g/mol. The van der Waals surface area contributed by atoms with Crippen molar-refractivity contribution in [2.75, 3.05) is 18.1 Å². The highest BCUT2D eigenvalue weighted by Crippen LogP contribution is 2.16. The molecule has 4 heteroatoms. The van der Waals surface area contributed by atoms with Crippen LogP contribution in [0, 0.1) is 6.92 Å². The van der Waals surface area contributed by atoms with Gasteiger partial charge in [0.1, 0.15) is 6.61 Å². The molecule has 1 N–H and O–H groups in total. The number of carbonyl (C=O) groups excluding carboxylic acids is 1. The molecule has 0 bridgehead atoms. The third-order valence-electron chi connectivity index (χ3n) is 3.09. The second-order valence-corrected chi connectivity index (χ2v) is 4.75. The Hall–Kier alpha value is -2.33. The van der Waals surface area contributed by atoms with E-state index in [2.05, 4.69) is 0 Å². The van der Waals surface area contributed by atoms with Gasteiger partial charge in [0, 0.05) is 5.69 Å². The minimum atomic E-state index is -0.461. The maximum Gasteiger partial charge on any atom is 0.414 e. The van der Waals surface area contributed by atoms with Gasteiger partial charge >= 0.3 is 6.09 Å². The van der Waals surface area contributed by atoms with Gasteiger partial charge in [-0.25, -0.2) is 4.79 Å². The van der Waals surface area contributed by atoms with Crippen LogP contribution in [0.15, 0.2) is 54.6 Å². The third kappa shape index (κ3) is 4.33. The van der Waals surface area contributed by atoms with Crippen LogP contribution in [0.2, 0.25) is 0 Å².